The van der Waals surface area contributed by atoms with Crippen molar-refractivity contribution in [1.82, 2.24) is 15.3 Å². The van der Waals surface area contributed by atoms with E-state index in [4.69, 9.17) is 12.2 Å². The molecule has 0 bridgehead atoms. The molecule has 1 fully saturated rings. The van der Waals surface area contributed by atoms with Crippen molar-refractivity contribution in [2.45, 2.75) is 25.9 Å². The lowest BCUT2D eigenvalue weighted by Gasteiger charge is -2.27. The number of benzene rings is 1. The van der Waals surface area contributed by atoms with Crippen LogP contribution in [0.25, 0.3) is 0 Å². The van der Waals surface area contributed by atoms with E-state index in [1.165, 1.54) is 5.56 Å². The highest BCUT2D eigenvalue weighted by molar-refractivity contribution is 7.80. The molecule has 0 amide bonds. The van der Waals surface area contributed by atoms with Crippen molar-refractivity contribution in [3.05, 3.63) is 83.4 Å². The monoisotopic (exact) mass is 348 g/mol. The second-order valence-corrected chi connectivity index (χ2v) is 6.82. The van der Waals surface area contributed by atoms with E-state index in [-0.39, 0.29) is 12.1 Å². The van der Waals surface area contributed by atoms with Gasteiger partial charge in [0.05, 0.1) is 11.7 Å². The van der Waals surface area contributed by atoms with Crippen LogP contribution in [0.4, 0.5) is 5.69 Å². The number of hydrogen-bond donors (Lipinski definition) is 2. The molecule has 5 heteroatoms. The summed E-state index contributed by atoms with van der Waals surface area (Å²) in [6.07, 6.45) is 1.83. The fourth-order valence-corrected chi connectivity index (χ4v) is 3.70. The van der Waals surface area contributed by atoms with Gasteiger partial charge in [-0.2, -0.15) is 0 Å². The second-order valence-electron chi connectivity index (χ2n) is 6.43. The summed E-state index contributed by atoms with van der Waals surface area (Å²) < 4.78 is 0. The highest BCUT2D eigenvalue weighted by atomic mass is 32.1. The molecule has 0 radical (unpaired) electrons. The third-order valence-corrected chi connectivity index (χ3v) is 4.90. The van der Waals surface area contributed by atoms with Crippen molar-refractivity contribution < 1.29 is 0 Å². The molecule has 25 heavy (non-hydrogen) atoms. The first-order valence-electron chi connectivity index (χ1n) is 8.36. The van der Waals surface area contributed by atoms with Crippen molar-refractivity contribution in [2.24, 2.45) is 0 Å². The quantitative estimate of drug-likeness (QED) is 0.696. The maximum Gasteiger partial charge on any atom is 0.174 e. The highest BCUT2D eigenvalue weighted by Gasteiger charge is 2.41. The van der Waals surface area contributed by atoms with Crippen LogP contribution in [0.15, 0.2) is 60.8 Å². The summed E-state index contributed by atoms with van der Waals surface area (Å²) in [5.74, 6) is 0. The van der Waals surface area contributed by atoms with Gasteiger partial charge in [0.2, 0.25) is 0 Å². The molecule has 1 aromatic carbocycles. The summed E-state index contributed by atoms with van der Waals surface area (Å²) in [7, 11) is 0. The van der Waals surface area contributed by atoms with E-state index in [1.807, 2.05) is 24.4 Å². The van der Waals surface area contributed by atoms with Crippen molar-refractivity contribution in [3.63, 3.8) is 0 Å². The number of rotatable bonds is 3. The van der Waals surface area contributed by atoms with Crippen LogP contribution in [0.2, 0.25) is 0 Å². The Hall–Kier alpha value is -2.66. The Kier molecular flexibility index (Phi) is 4.01. The molecule has 2 N–H and O–H groups in total. The first-order chi connectivity index (χ1) is 12.1. The standard InChI is InChI=1S/C20H20N4S/c1-13-6-9-15(10-7-13)24-19(17-11-8-14(2)22-17)18(23-20(24)25)16-5-3-4-12-21-16/h3-12,18-19,22H,1-2H3,(H,23,25)/t18-,19-/m1/s1. The predicted molar refractivity (Wildman–Crippen MR) is 105 cm³/mol. The molecule has 0 aliphatic carbocycles. The first kappa shape index (κ1) is 15.8. The van der Waals surface area contributed by atoms with Crippen molar-refractivity contribution in [3.8, 4) is 0 Å². The third kappa shape index (κ3) is 2.91. The van der Waals surface area contributed by atoms with Gasteiger partial charge in [-0.25, -0.2) is 0 Å². The normalized spacial score (nSPS) is 19.9. The third-order valence-electron chi connectivity index (χ3n) is 4.58. The van der Waals surface area contributed by atoms with E-state index in [0.29, 0.717) is 0 Å². The van der Waals surface area contributed by atoms with E-state index in [2.05, 4.69) is 70.4 Å². The number of aryl methyl sites for hydroxylation is 2. The molecule has 0 unspecified atom stereocenters. The number of aromatic nitrogens is 2. The average molecular weight is 348 g/mol. The Morgan fingerprint density at radius 2 is 1.80 bits per heavy atom. The van der Waals surface area contributed by atoms with E-state index in [0.717, 1.165) is 27.9 Å². The number of nitrogens with zero attached hydrogens (tertiary/aromatic N) is 2. The van der Waals surface area contributed by atoms with Gasteiger partial charge < -0.3 is 15.2 Å². The molecule has 3 heterocycles. The number of H-pyrrole nitrogens is 1. The topological polar surface area (TPSA) is 44.0 Å². The van der Waals surface area contributed by atoms with Gasteiger partial charge in [-0.15, -0.1) is 0 Å². The number of anilines is 1. The van der Waals surface area contributed by atoms with Gasteiger partial charge in [-0.1, -0.05) is 23.8 Å². The van der Waals surface area contributed by atoms with Crippen LogP contribution in [0.3, 0.4) is 0 Å². The van der Waals surface area contributed by atoms with Crippen molar-refractivity contribution in [2.75, 3.05) is 4.90 Å². The fourth-order valence-electron chi connectivity index (χ4n) is 3.35. The minimum atomic E-state index is -0.00643. The Morgan fingerprint density at radius 1 is 1.00 bits per heavy atom. The van der Waals surface area contributed by atoms with E-state index in [9.17, 15) is 0 Å². The largest absolute Gasteiger partial charge is 0.361 e. The Bertz CT molecular complexity index is 886. The molecule has 4 nitrogen and oxygen atoms in total. The zero-order valence-electron chi connectivity index (χ0n) is 14.2. The van der Waals surface area contributed by atoms with Gasteiger partial charge in [0.15, 0.2) is 5.11 Å². The van der Waals surface area contributed by atoms with Gasteiger partial charge in [0.25, 0.3) is 0 Å². The molecule has 1 saturated heterocycles. The number of nitrogens with one attached hydrogen (secondary N) is 2. The van der Waals surface area contributed by atoms with Crippen LogP contribution in [0, 0.1) is 13.8 Å². The van der Waals surface area contributed by atoms with Gasteiger partial charge >= 0.3 is 0 Å². The van der Waals surface area contributed by atoms with Crippen LogP contribution in [0.1, 0.15) is 34.7 Å². The van der Waals surface area contributed by atoms with Crippen LogP contribution in [-0.2, 0) is 0 Å². The minimum absolute atomic E-state index is 0.00643. The number of thiocarbonyl (C=S) groups is 1. The lowest BCUT2D eigenvalue weighted by atomic mass is 10.0. The van der Waals surface area contributed by atoms with Crippen LogP contribution in [0.5, 0.6) is 0 Å². The first-order valence-corrected chi connectivity index (χ1v) is 8.77. The summed E-state index contributed by atoms with van der Waals surface area (Å²) in [5.41, 5.74) is 5.56. The van der Waals surface area contributed by atoms with Gasteiger partial charge in [-0.05, 0) is 62.5 Å². The number of pyridine rings is 1. The number of aromatic amines is 1. The van der Waals surface area contributed by atoms with Gasteiger partial charge in [0, 0.05) is 23.3 Å². The maximum atomic E-state index is 5.69. The second kappa shape index (κ2) is 6.33. The lowest BCUT2D eigenvalue weighted by molar-refractivity contribution is 0.558. The molecule has 4 rings (SSSR count). The zero-order chi connectivity index (χ0) is 17.4. The van der Waals surface area contributed by atoms with Crippen molar-refractivity contribution >= 4 is 23.0 Å². The van der Waals surface area contributed by atoms with E-state index < -0.39 is 0 Å². The highest BCUT2D eigenvalue weighted by Crippen LogP contribution is 2.40. The van der Waals surface area contributed by atoms with E-state index in [1.54, 1.807) is 0 Å². The maximum absolute atomic E-state index is 5.69. The molecular weight excluding hydrogens is 328 g/mol. The molecule has 0 saturated carbocycles. The molecule has 2 aromatic heterocycles. The van der Waals surface area contributed by atoms with Crippen LogP contribution < -0.4 is 10.2 Å². The van der Waals surface area contributed by atoms with Gasteiger partial charge in [0.1, 0.15) is 6.04 Å². The Labute approximate surface area is 152 Å². The summed E-state index contributed by atoms with van der Waals surface area (Å²) in [6.45, 7) is 4.16. The molecule has 3 aromatic rings. The summed E-state index contributed by atoms with van der Waals surface area (Å²) in [6, 6.07) is 18.7. The fraction of sp³-hybridized carbons (Fsp3) is 0.200. The lowest BCUT2D eigenvalue weighted by Crippen LogP contribution is -2.29. The van der Waals surface area contributed by atoms with Gasteiger partial charge in [-0.3, -0.25) is 4.98 Å². The summed E-state index contributed by atoms with van der Waals surface area (Å²) in [4.78, 5) is 10.2. The molecule has 0 spiro atoms. The van der Waals surface area contributed by atoms with Crippen LogP contribution in [-0.4, -0.2) is 15.1 Å². The molecule has 1 aliphatic heterocycles. The van der Waals surface area contributed by atoms with Crippen LogP contribution >= 0.6 is 12.2 Å². The smallest absolute Gasteiger partial charge is 0.174 e. The zero-order valence-corrected chi connectivity index (χ0v) is 15.0. The molecule has 126 valence electrons. The number of hydrogen-bond acceptors (Lipinski definition) is 2. The average Bonchev–Trinajstić information content (AvgIpc) is 3.20. The summed E-state index contributed by atoms with van der Waals surface area (Å²) >= 11 is 5.69. The molecular formula is C20H20N4S. The Balaban J connectivity index is 1.81. The molecule has 1 aliphatic rings. The predicted octanol–water partition coefficient (Wildman–Crippen LogP) is 4.20. The minimum Gasteiger partial charge on any atom is -0.361 e. The van der Waals surface area contributed by atoms with Crippen molar-refractivity contribution in [1.29, 1.82) is 0 Å². The Morgan fingerprint density at radius 3 is 2.44 bits per heavy atom. The van der Waals surface area contributed by atoms with E-state index >= 15 is 0 Å². The SMILES string of the molecule is Cc1ccc(N2C(=S)N[C@H](c3ccccn3)[C@H]2c2ccc(C)[nH]2)cc1. The summed E-state index contributed by atoms with van der Waals surface area (Å²) in [5, 5.41) is 4.19. The molecule has 2 atom stereocenters.